The van der Waals surface area contributed by atoms with Crippen molar-refractivity contribution in [2.45, 2.75) is 19.8 Å². The average molecular weight is 229 g/mol. The number of hydrogen-bond donors (Lipinski definition) is 1. The third-order valence-corrected chi connectivity index (χ3v) is 2.93. The summed E-state index contributed by atoms with van der Waals surface area (Å²) in [6, 6.07) is 9.50. The summed E-state index contributed by atoms with van der Waals surface area (Å²) in [4.78, 5) is 15.7. The molecule has 0 radical (unpaired) electrons. The van der Waals surface area contributed by atoms with Crippen LogP contribution in [-0.2, 0) is 4.79 Å². The van der Waals surface area contributed by atoms with Crippen molar-refractivity contribution in [3.05, 3.63) is 42.1 Å². The summed E-state index contributed by atoms with van der Waals surface area (Å²) in [6.45, 7) is 3.83. The standard InChI is InChI=1S/C14H15NO2/c1-9(2)12(14(16)17)11-7-3-5-10-6-4-8-15-13(10)11/h3-9,12H,1-2H3,(H,16,17). The zero-order valence-corrected chi connectivity index (χ0v) is 9.92. The lowest BCUT2D eigenvalue weighted by Gasteiger charge is -2.17. The lowest BCUT2D eigenvalue weighted by Crippen LogP contribution is -2.18. The Morgan fingerprint density at radius 3 is 2.59 bits per heavy atom. The molecule has 0 saturated heterocycles. The summed E-state index contributed by atoms with van der Waals surface area (Å²) in [7, 11) is 0. The fourth-order valence-corrected chi connectivity index (χ4v) is 2.16. The zero-order valence-electron chi connectivity index (χ0n) is 9.92. The SMILES string of the molecule is CC(C)C(C(=O)O)c1cccc2cccnc12. The maximum atomic E-state index is 11.4. The molecule has 1 aromatic heterocycles. The summed E-state index contributed by atoms with van der Waals surface area (Å²) in [5.41, 5.74) is 1.58. The Hall–Kier alpha value is -1.90. The van der Waals surface area contributed by atoms with Crippen LogP contribution in [0.25, 0.3) is 10.9 Å². The van der Waals surface area contributed by atoms with E-state index in [1.165, 1.54) is 0 Å². The molecule has 0 amide bonds. The molecule has 2 rings (SSSR count). The number of aliphatic carboxylic acids is 1. The number of fused-ring (bicyclic) bond motifs is 1. The van der Waals surface area contributed by atoms with Crippen molar-refractivity contribution in [2.24, 2.45) is 5.92 Å². The van der Waals surface area contributed by atoms with E-state index in [1.807, 2.05) is 44.2 Å². The van der Waals surface area contributed by atoms with Gasteiger partial charge in [0.2, 0.25) is 0 Å². The Morgan fingerprint density at radius 2 is 1.94 bits per heavy atom. The highest BCUT2D eigenvalue weighted by atomic mass is 16.4. The number of carbonyl (C=O) groups is 1. The number of pyridine rings is 1. The van der Waals surface area contributed by atoms with E-state index in [9.17, 15) is 9.90 Å². The molecule has 0 fully saturated rings. The highest BCUT2D eigenvalue weighted by Crippen LogP contribution is 2.29. The Kier molecular flexibility index (Phi) is 3.09. The molecule has 0 aliphatic carbocycles. The van der Waals surface area contributed by atoms with Gasteiger partial charge in [0.25, 0.3) is 0 Å². The molecule has 3 heteroatoms. The highest BCUT2D eigenvalue weighted by molar-refractivity contribution is 5.88. The lowest BCUT2D eigenvalue weighted by atomic mass is 9.87. The molecule has 0 spiro atoms. The van der Waals surface area contributed by atoms with Gasteiger partial charge in [0.15, 0.2) is 0 Å². The first-order valence-corrected chi connectivity index (χ1v) is 5.67. The van der Waals surface area contributed by atoms with Crippen molar-refractivity contribution >= 4 is 16.9 Å². The third kappa shape index (κ3) is 2.13. The molecule has 88 valence electrons. The number of para-hydroxylation sites is 1. The number of aromatic nitrogens is 1. The molecule has 1 heterocycles. The maximum absolute atomic E-state index is 11.4. The number of rotatable bonds is 3. The molecular weight excluding hydrogens is 214 g/mol. The van der Waals surface area contributed by atoms with E-state index in [2.05, 4.69) is 4.98 Å². The summed E-state index contributed by atoms with van der Waals surface area (Å²) < 4.78 is 0. The average Bonchev–Trinajstić information content (AvgIpc) is 2.28. The fraction of sp³-hybridized carbons (Fsp3) is 0.286. The topological polar surface area (TPSA) is 50.2 Å². The first-order chi connectivity index (χ1) is 8.11. The summed E-state index contributed by atoms with van der Waals surface area (Å²) in [6.07, 6.45) is 1.70. The van der Waals surface area contributed by atoms with Gasteiger partial charge < -0.3 is 5.11 Å². The van der Waals surface area contributed by atoms with Crippen LogP contribution in [-0.4, -0.2) is 16.1 Å². The molecule has 1 atom stereocenters. The molecule has 0 saturated carbocycles. The van der Waals surface area contributed by atoms with Gasteiger partial charge in [-0.25, -0.2) is 0 Å². The lowest BCUT2D eigenvalue weighted by molar-refractivity contribution is -0.139. The minimum atomic E-state index is -0.793. The maximum Gasteiger partial charge on any atom is 0.311 e. The quantitative estimate of drug-likeness (QED) is 0.880. The van der Waals surface area contributed by atoms with E-state index in [0.717, 1.165) is 16.5 Å². The van der Waals surface area contributed by atoms with Crippen molar-refractivity contribution in [1.29, 1.82) is 0 Å². The molecule has 17 heavy (non-hydrogen) atoms. The van der Waals surface area contributed by atoms with Gasteiger partial charge in [-0.2, -0.15) is 0 Å². The molecule has 3 nitrogen and oxygen atoms in total. The molecule has 0 aliphatic rings. The summed E-state index contributed by atoms with van der Waals surface area (Å²) in [5.74, 6) is -1.26. The van der Waals surface area contributed by atoms with Gasteiger partial charge in [0.05, 0.1) is 11.4 Å². The van der Waals surface area contributed by atoms with Gasteiger partial charge >= 0.3 is 5.97 Å². The van der Waals surface area contributed by atoms with Crippen molar-refractivity contribution in [3.8, 4) is 0 Å². The first-order valence-electron chi connectivity index (χ1n) is 5.67. The Labute approximate surface area is 100 Å². The van der Waals surface area contributed by atoms with E-state index in [4.69, 9.17) is 0 Å². The van der Waals surface area contributed by atoms with Crippen LogP contribution in [0.1, 0.15) is 25.3 Å². The second kappa shape index (κ2) is 4.53. The van der Waals surface area contributed by atoms with E-state index >= 15 is 0 Å². The van der Waals surface area contributed by atoms with E-state index < -0.39 is 11.9 Å². The molecule has 0 aliphatic heterocycles. The monoisotopic (exact) mass is 229 g/mol. The molecule has 1 N–H and O–H groups in total. The van der Waals surface area contributed by atoms with Crippen LogP contribution in [0.3, 0.4) is 0 Å². The number of benzene rings is 1. The van der Waals surface area contributed by atoms with Crippen LogP contribution in [0.4, 0.5) is 0 Å². The van der Waals surface area contributed by atoms with Gasteiger partial charge in [-0.15, -0.1) is 0 Å². The third-order valence-electron chi connectivity index (χ3n) is 2.93. The van der Waals surface area contributed by atoms with Crippen LogP contribution in [0.2, 0.25) is 0 Å². The fourth-order valence-electron chi connectivity index (χ4n) is 2.16. The van der Waals surface area contributed by atoms with Crippen molar-refractivity contribution in [2.75, 3.05) is 0 Å². The smallest absolute Gasteiger partial charge is 0.311 e. The summed E-state index contributed by atoms with van der Waals surface area (Å²) in [5, 5.41) is 10.3. The minimum Gasteiger partial charge on any atom is -0.481 e. The number of hydrogen-bond acceptors (Lipinski definition) is 2. The van der Waals surface area contributed by atoms with Gasteiger partial charge in [0.1, 0.15) is 0 Å². The van der Waals surface area contributed by atoms with Gasteiger partial charge in [-0.05, 0) is 17.5 Å². The minimum absolute atomic E-state index is 0.0418. The first kappa shape index (κ1) is 11.6. The Bertz CT molecular complexity index is 543. The van der Waals surface area contributed by atoms with Gasteiger partial charge in [0, 0.05) is 11.6 Å². The van der Waals surface area contributed by atoms with Gasteiger partial charge in [-0.1, -0.05) is 38.1 Å². The molecular formula is C14H15NO2. The predicted octanol–water partition coefficient (Wildman–Crippen LogP) is 3.06. The van der Waals surface area contributed by atoms with Crippen LogP contribution in [0, 0.1) is 5.92 Å². The van der Waals surface area contributed by atoms with Crippen LogP contribution >= 0.6 is 0 Å². The number of carboxylic acid groups (broad SMARTS) is 1. The highest BCUT2D eigenvalue weighted by Gasteiger charge is 2.25. The van der Waals surface area contributed by atoms with Crippen molar-refractivity contribution < 1.29 is 9.90 Å². The van der Waals surface area contributed by atoms with Gasteiger partial charge in [-0.3, -0.25) is 9.78 Å². The molecule has 0 bridgehead atoms. The number of nitrogens with zero attached hydrogens (tertiary/aromatic N) is 1. The normalized spacial score (nSPS) is 12.9. The Morgan fingerprint density at radius 1 is 1.24 bits per heavy atom. The predicted molar refractivity (Wildman–Crippen MR) is 67.0 cm³/mol. The second-order valence-corrected chi connectivity index (χ2v) is 4.48. The largest absolute Gasteiger partial charge is 0.481 e. The molecule has 2 aromatic rings. The Balaban J connectivity index is 2.65. The van der Waals surface area contributed by atoms with Crippen LogP contribution in [0.15, 0.2) is 36.5 Å². The van der Waals surface area contributed by atoms with Crippen molar-refractivity contribution in [1.82, 2.24) is 4.98 Å². The number of carboxylic acids is 1. The van der Waals surface area contributed by atoms with Crippen LogP contribution < -0.4 is 0 Å². The zero-order chi connectivity index (χ0) is 12.4. The second-order valence-electron chi connectivity index (χ2n) is 4.48. The molecule has 1 aromatic carbocycles. The van der Waals surface area contributed by atoms with E-state index in [1.54, 1.807) is 6.20 Å². The van der Waals surface area contributed by atoms with Crippen LogP contribution in [0.5, 0.6) is 0 Å². The van der Waals surface area contributed by atoms with Crippen molar-refractivity contribution in [3.63, 3.8) is 0 Å². The van der Waals surface area contributed by atoms with E-state index in [0.29, 0.717) is 0 Å². The summed E-state index contributed by atoms with van der Waals surface area (Å²) >= 11 is 0. The van der Waals surface area contributed by atoms with E-state index in [-0.39, 0.29) is 5.92 Å². The molecule has 1 unspecified atom stereocenters.